The number of hydrogen-bond donors (Lipinski definition) is 1. The molecule has 0 spiro atoms. The molecule has 5 heteroatoms. The van der Waals surface area contributed by atoms with Gasteiger partial charge in [0.2, 0.25) is 0 Å². The van der Waals surface area contributed by atoms with E-state index in [1.54, 1.807) is 6.92 Å². The SMILES string of the molecule is CC([CH2][GeH]([Br])[Br])C(=O)O. The molecule has 0 fully saturated rings. The monoisotopic (exact) mass is 320 g/mol. The minimum atomic E-state index is -1.44. The second kappa shape index (κ2) is 4.74. The molecule has 0 saturated carbocycles. The molecule has 0 aromatic heterocycles. The Bertz CT molecular complexity index is 107. The van der Waals surface area contributed by atoms with Crippen molar-refractivity contribution in [2.24, 2.45) is 5.92 Å². The van der Waals surface area contributed by atoms with Crippen molar-refractivity contribution in [1.29, 1.82) is 0 Å². The van der Waals surface area contributed by atoms with Crippen molar-refractivity contribution >= 4 is 44.6 Å². The zero-order chi connectivity index (χ0) is 7.44. The van der Waals surface area contributed by atoms with Crippen molar-refractivity contribution < 1.29 is 9.90 Å². The van der Waals surface area contributed by atoms with Crippen LogP contribution in [0.15, 0.2) is 0 Å². The molecule has 0 aromatic rings. The summed E-state index contributed by atoms with van der Waals surface area (Å²) in [5.74, 6) is -0.904. The topological polar surface area (TPSA) is 37.3 Å². The Morgan fingerprint density at radius 1 is 1.78 bits per heavy atom. The van der Waals surface area contributed by atoms with Gasteiger partial charge in [0.05, 0.1) is 0 Å². The molecule has 0 aliphatic heterocycles. The van der Waals surface area contributed by atoms with Crippen LogP contribution in [0.25, 0.3) is 0 Å². The Hall–Kier alpha value is 0.973. The summed E-state index contributed by atoms with van der Waals surface area (Å²) >= 11 is 6.77. The molecule has 2 nitrogen and oxygen atoms in total. The summed E-state index contributed by atoms with van der Waals surface area (Å²) < 4.78 is 0. The molecular weight excluding hydrogens is 312 g/mol. The first-order chi connectivity index (χ1) is 4.04. The third-order valence-electron chi connectivity index (χ3n) is 0.953. The van der Waals surface area contributed by atoms with Gasteiger partial charge >= 0.3 is 72.6 Å². The van der Waals surface area contributed by atoms with Crippen LogP contribution in [0.3, 0.4) is 0 Å². The van der Waals surface area contributed by atoms with Crippen molar-refractivity contribution in [1.82, 2.24) is 0 Å². The van der Waals surface area contributed by atoms with E-state index in [2.05, 4.69) is 28.0 Å². The average molecular weight is 321 g/mol. The Balaban J connectivity index is 3.50. The van der Waals surface area contributed by atoms with Gasteiger partial charge < -0.3 is 0 Å². The number of hydrogen-bond acceptors (Lipinski definition) is 1. The summed E-state index contributed by atoms with van der Waals surface area (Å²) in [4.78, 5) is 10.2. The molecule has 0 saturated heterocycles. The molecule has 1 unspecified atom stereocenters. The Kier molecular flexibility index (Phi) is 5.25. The molecule has 0 amide bonds. The molecular formula is C4H8Br2GeO2. The van der Waals surface area contributed by atoms with Crippen molar-refractivity contribution in [3.8, 4) is 0 Å². The first-order valence-corrected chi connectivity index (χ1v) is 15.6. The maximum absolute atomic E-state index is 10.2. The second-order valence-corrected chi connectivity index (χ2v) is 22.4. The average Bonchev–Trinajstić information content (AvgIpc) is 1.63. The number of aliphatic carboxylic acids is 1. The third-order valence-corrected chi connectivity index (χ3v) is 7.07. The van der Waals surface area contributed by atoms with E-state index in [9.17, 15) is 4.79 Å². The first kappa shape index (κ1) is 9.97. The number of halogens is 2. The molecule has 0 aromatic carbocycles. The van der Waals surface area contributed by atoms with E-state index in [1.807, 2.05) is 0 Å². The van der Waals surface area contributed by atoms with Crippen LogP contribution in [-0.2, 0) is 4.79 Å². The van der Waals surface area contributed by atoms with E-state index in [4.69, 9.17) is 5.11 Å². The normalized spacial score (nSPS) is 13.8. The van der Waals surface area contributed by atoms with Gasteiger partial charge in [-0.2, -0.15) is 0 Å². The van der Waals surface area contributed by atoms with Gasteiger partial charge in [0.1, 0.15) is 0 Å². The Labute approximate surface area is 72.4 Å². The maximum atomic E-state index is 10.2. The van der Waals surface area contributed by atoms with Crippen LogP contribution in [0.1, 0.15) is 6.92 Å². The summed E-state index contributed by atoms with van der Waals surface area (Å²) in [5, 5.41) is 9.21. The molecule has 0 aliphatic carbocycles. The summed E-state index contributed by atoms with van der Waals surface area (Å²) in [5.41, 5.74) is 0. The van der Waals surface area contributed by atoms with Crippen molar-refractivity contribution in [2.45, 2.75) is 12.2 Å². The van der Waals surface area contributed by atoms with Crippen LogP contribution in [0, 0.1) is 5.92 Å². The van der Waals surface area contributed by atoms with Crippen molar-refractivity contribution in [2.75, 3.05) is 0 Å². The Morgan fingerprint density at radius 3 is 2.33 bits per heavy atom. The molecule has 0 rings (SSSR count). The van der Waals surface area contributed by atoms with E-state index in [1.165, 1.54) is 0 Å². The van der Waals surface area contributed by atoms with E-state index in [0.717, 1.165) is 5.25 Å². The fraction of sp³-hybridized carbons (Fsp3) is 0.750. The van der Waals surface area contributed by atoms with Gasteiger partial charge in [0.15, 0.2) is 0 Å². The number of carboxylic acids is 1. The van der Waals surface area contributed by atoms with E-state index < -0.39 is 16.6 Å². The van der Waals surface area contributed by atoms with Crippen LogP contribution >= 0.6 is 28.0 Å². The van der Waals surface area contributed by atoms with Crippen LogP contribution in [0.2, 0.25) is 5.25 Å². The minimum absolute atomic E-state index is 0.200. The van der Waals surface area contributed by atoms with E-state index in [-0.39, 0.29) is 5.92 Å². The fourth-order valence-corrected chi connectivity index (χ4v) is 7.74. The summed E-state index contributed by atoms with van der Waals surface area (Å²) in [6.45, 7) is 1.73. The molecule has 1 atom stereocenters. The Morgan fingerprint density at radius 2 is 2.22 bits per heavy atom. The molecule has 54 valence electrons. The molecule has 0 bridgehead atoms. The van der Waals surface area contributed by atoms with Crippen molar-refractivity contribution in [3.05, 3.63) is 0 Å². The zero-order valence-electron chi connectivity index (χ0n) is 4.97. The standard InChI is InChI=1S/C4H8Br2GeO2/c1-3(4(8)9)2-7(5)6/h3,7H,2H2,1H3,(H,8,9). The van der Waals surface area contributed by atoms with Crippen LogP contribution in [0.5, 0.6) is 0 Å². The number of carboxylic acid groups (broad SMARTS) is 1. The quantitative estimate of drug-likeness (QED) is 0.804. The van der Waals surface area contributed by atoms with Crippen LogP contribution in [-0.4, -0.2) is 21.7 Å². The van der Waals surface area contributed by atoms with Gasteiger partial charge in [-0.05, 0) is 0 Å². The summed E-state index contributed by atoms with van der Waals surface area (Å²) in [7, 11) is -1.44. The number of rotatable bonds is 3. The van der Waals surface area contributed by atoms with E-state index in [0.29, 0.717) is 0 Å². The van der Waals surface area contributed by atoms with Crippen molar-refractivity contribution in [3.63, 3.8) is 0 Å². The molecule has 0 radical (unpaired) electrons. The molecule has 0 aliphatic rings. The molecule has 0 heterocycles. The van der Waals surface area contributed by atoms with Gasteiger partial charge in [-0.25, -0.2) is 0 Å². The predicted octanol–water partition coefficient (Wildman–Crippen LogP) is 1.72. The second-order valence-electron chi connectivity index (χ2n) is 1.87. The summed E-state index contributed by atoms with van der Waals surface area (Å²) in [6, 6.07) is 0. The van der Waals surface area contributed by atoms with Crippen LogP contribution in [0.4, 0.5) is 0 Å². The first-order valence-electron chi connectivity index (χ1n) is 2.55. The predicted molar refractivity (Wildman–Crippen MR) is 46.6 cm³/mol. The fourth-order valence-electron chi connectivity index (χ4n) is 0.368. The zero-order valence-corrected chi connectivity index (χ0v) is 10.6. The van der Waals surface area contributed by atoms with Crippen LogP contribution < -0.4 is 0 Å². The third kappa shape index (κ3) is 5.42. The van der Waals surface area contributed by atoms with Gasteiger partial charge in [0.25, 0.3) is 0 Å². The van der Waals surface area contributed by atoms with Gasteiger partial charge in [-0.1, -0.05) is 0 Å². The molecule has 9 heavy (non-hydrogen) atoms. The van der Waals surface area contributed by atoms with Gasteiger partial charge in [0, 0.05) is 0 Å². The summed E-state index contributed by atoms with van der Waals surface area (Å²) in [6.07, 6.45) is 0. The van der Waals surface area contributed by atoms with Gasteiger partial charge in [-0.3, -0.25) is 0 Å². The molecule has 1 N–H and O–H groups in total. The van der Waals surface area contributed by atoms with E-state index >= 15 is 0 Å². The number of carbonyl (C=O) groups is 1. The van der Waals surface area contributed by atoms with Gasteiger partial charge in [-0.15, -0.1) is 0 Å².